The Hall–Kier alpha value is -2.53. The van der Waals surface area contributed by atoms with E-state index < -0.39 is 5.82 Å². The van der Waals surface area contributed by atoms with E-state index in [-0.39, 0.29) is 17.5 Å². The molecule has 0 bridgehead atoms. The van der Waals surface area contributed by atoms with Gasteiger partial charge in [-0.1, -0.05) is 11.6 Å². The van der Waals surface area contributed by atoms with Gasteiger partial charge in [0.05, 0.1) is 11.6 Å². The molecule has 1 heterocycles. The van der Waals surface area contributed by atoms with Crippen LogP contribution in [0.4, 0.5) is 10.1 Å². The van der Waals surface area contributed by atoms with Crippen LogP contribution in [0.25, 0.3) is 10.9 Å². The first-order valence-electron chi connectivity index (χ1n) is 7.53. The van der Waals surface area contributed by atoms with Gasteiger partial charge in [-0.3, -0.25) is 4.79 Å². The van der Waals surface area contributed by atoms with Gasteiger partial charge in [0.1, 0.15) is 18.1 Å². The topological polar surface area (TPSA) is 43.3 Å². The van der Waals surface area contributed by atoms with Crippen LogP contribution in [0.5, 0.6) is 5.75 Å². The molecule has 124 valence electrons. The molecule has 1 N–H and O–H groups in total. The largest absolute Gasteiger partial charge is 0.494 e. The quantitative estimate of drug-likeness (QED) is 0.740. The first-order chi connectivity index (χ1) is 11.6. The molecule has 1 amide bonds. The highest BCUT2D eigenvalue weighted by atomic mass is 35.5. The average molecular weight is 347 g/mol. The van der Waals surface area contributed by atoms with E-state index in [2.05, 4.69) is 5.32 Å². The number of anilines is 1. The lowest BCUT2D eigenvalue weighted by Gasteiger charge is -2.09. The number of rotatable bonds is 5. The van der Waals surface area contributed by atoms with Crippen LogP contribution >= 0.6 is 11.6 Å². The SMILES string of the molecule is CCOc1ccc2c(ccn2CC(=O)Nc2ccc(F)c(Cl)c2)c1. The molecule has 0 aliphatic rings. The molecule has 4 nitrogen and oxygen atoms in total. The zero-order chi connectivity index (χ0) is 17.1. The van der Waals surface area contributed by atoms with Gasteiger partial charge in [0.2, 0.25) is 5.91 Å². The van der Waals surface area contributed by atoms with E-state index in [1.165, 1.54) is 18.2 Å². The molecule has 3 aromatic rings. The summed E-state index contributed by atoms with van der Waals surface area (Å²) < 4.78 is 20.5. The number of hydrogen-bond acceptors (Lipinski definition) is 2. The summed E-state index contributed by atoms with van der Waals surface area (Å²) >= 11 is 5.72. The second-order valence-corrected chi connectivity index (χ2v) is 5.68. The van der Waals surface area contributed by atoms with Gasteiger partial charge in [0, 0.05) is 22.8 Å². The zero-order valence-electron chi connectivity index (χ0n) is 13.1. The van der Waals surface area contributed by atoms with E-state index in [1.807, 2.05) is 42.0 Å². The fourth-order valence-corrected chi connectivity index (χ4v) is 2.68. The molecule has 0 unspecified atom stereocenters. The van der Waals surface area contributed by atoms with E-state index in [9.17, 15) is 9.18 Å². The van der Waals surface area contributed by atoms with Crippen molar-refractivity contribution in [3.05, 3.63) is 59.5 Å². The molecule has 24 heavy (non-hydrogen) atoms. The molecule has 0 atom stereocenters. The number of halogens is 2. The van der Waals surface area contributed by atoms with Crippen LogP contribution in [-0.4, -0.2) is 17.1 Å². The lowest BCUT2D eigenvalue weighted by Crippen LogP contribution is -2.18. The highest BCUT2D eigenvalue weighted by Gasteiger charge is 2.09. The van der Waals surface area contributed by atoms with Crippen molar-refractivity contribution in [3.63, 3.8) is 0 Å². The molecule has 1 aromatic heterocycles. The number of amides is 1. The normalized spacial score (nSPS) is 10.8. The van der Waals surface area contributed by atoms with Crippen LogP contribution < -0.4 is 10.1 Å². The Labute approximate surface area is 143 Å². The van der Waals surface area contributed by atoms with E-state index in [0.717, 1.165) is 16.7 Å². The summed E-state index contributed by atoms with van der Waals surface area (Å²) in [5.74, 6) is 0.0633. The first-order valence-corrected chi connectivity index (χ1v) is 7.91. The molecule has 6 heteroatoms. The van der Waals surface area contributed by atoms with Gasteiger partial charge in [-0.15, -0.1) is 0 Å². The smallest absolute Gasteiger partial charge is 0.244 e. The van der Waals surface area contributed by atoms with Gasteiger partial charge < -0.3 is 14.6 Å². The number of nitrogens with one attached hydrogen (secondary N) is 1. The minimum Gasteiger partial charge on any atom is -0.494 e. The zero-order valence-corrected chi connectivity index (χ0v) is 13.8. The number of fused-ring (bicyclic) bond motifs is 1. The van der Waals surface area contributed by atoms with Crippen LogP contribution in [0.2, 0.25) is 5.02 Å². The average Bonchev–Trinajstić information content (AvgIpc) is 2.93. The molecule has 2 aromatic carbocycles. The molecular weight excluding hydrogens is 331 g/mol. The maximum Gasteiger partial charge on any atom is 0.244 e. The summed E-state index contributed by atoms with van der Waals surface area (Å²) in [7, 11) is 0. The van der Waals surface area contributed by atoms with Crippen molar-refractivity contribution >= 4 is 34.1 Å². The summed E-state index contributed by atoms with van der Waals surface area (Å²) in [5.41, 5.74) is 1.40. The number of nitrogens with zero attached hydrogens (tertiary/aromatic N) is 1. The van der Waals surface area contributed by atoms with Gasteiger partial charge in [-0.05, 0) is 49.4 Å². The summed E-state index contributed by atoms with van der Waals surface area (Å²) in [6.07, 6.45) is 1.84. The van der Waals surface area contributed by atoms with Crippen molar-refractivity contribution in [2.75, 3.05) is 11.9 Å². The summed E-state index contributed by atoms with van der Waals surface area (Å²) in [6.45, 7) is 2.68. The van der Waals surface area contributed by atoms with Crippen LogP contribution in [0, 0.1) is 5.82 Å². The minimum atomic E-state index is -0.517. The lowest BCUT2D eigenvalue weighted by molar-refractivity contribution is -0.116. The van der Waals surface area contributed by atoms with Crippen molar-refractivity contribution < 1.29 is 13.9 Å². The number of hydrogen-bond donors (Lipinski definition) is 1. The molecule has 0 spiro atoms. The van der Waals surface area contributed by atoms with Crippen molar-refractivity contribution in [1.82, 2.24) is 4.57 Å². The van der Waals surface area contributed by atoms with E-state index in [0.29, 0.717) is 12.3 Å². The Kier molecular flexibility index (Phi) is 4.71. The molecule has 0 aliphatic carbocycles. The van der Waals surface area contributed by atoms with Crippen LogP contribution in [0.1, 0.15) is 6.92 Å². The van der Waals surface area contributed by atoms with E-state index in [1.54, 1.807) is 0 Å². The van der Waals surface area contributed by atoms with Gasteiger partial charge in [-0.25, -0.2) is 4.39 Å². The molecule has 0 saturated carbocycles. The Balaban J connectivity index is 1.74. The molecule has 0 fully saturated rings. The number of aromatic nitrogens is 1. The standard InChI is InChI=1S/C18H16ClFN2O2/c1-2-24-14-4-6-17-12(9-14)7-8-22(17)11-18(23)21-13-3-5-16(20)15(19)10-13/h3-10H,2,11H2,1H3,(H,21,23). The molecular formula is C18H16ClFN2O2. The van der Waals surface area contributed by atoms with Crippen LogP contribution in [-0.2, 0) is 11.3 Å². The lowest BCUT2D eigenvalue weighted by atomic mass is 10.2. The first kappa shape index (κ1) is 16.3. The van der Waals surface area contributed by atoms with Gasteiger partial charge in [-0.2, -0.15) is 0 Å². The molecule has 3 rings (SSSR count). The second-order valence-electron chi connectivity index (χ2n) is 5.27. The molecule has 0 saturated heterocycles. The predicted molar refractivity (Wildman–Crippen MR) is 93.1 cm³/mol. The Morgan fingerprint density at radius 3 is 2.83 bits per heavy atom. The summed E-state index contributed by atoms with van der Waals surface area (Å²) in [4.78, 5) is 12.2. The predicted octanol–water partition coefficient (Wildman–Crippen LogP) is 4.47. The summed E-state index contributed by atoms with van der Waals surface area (Å²) in [6, 6.07) is 11.7. The molecule has 0 radical (unpaired) electrons. The van der Waals surface area contributed by atoms with Crippen LogP contribution in [0.15, 0.2) is 48.7 Å². The second kappa shape index (κ2) is 6.93. The van der Waals surface area contributed by atoms with E-state index in [4.69, 9.17) is 16.3 Å². The van der Waals surface area contributed by atoms with Gasteiger partial charge in [0.15, 0.2) is 0 Å². The third-order valence-electron chi connectivity index (χ3n) is 3.57. The summed E-state index contributed by atoms with van der Waals surface area (Å²) in [5, 5.41) is 3.68. The maximum absolute atomic E-state index is 13.1. The van der Waals surface area contributed by atoms with E-state index >= 15 is 0 Å². The molecule has 0 aliphatic heterocycles. The monoisotopic (exact) mass is 346 g/mol. The third-order valence-corrected chi connectivity index (χ3v) is 3.86. The third kappa shape index (κ3) is 3.51. The highest BCUT2D eigenvalue weighted by molar-refractivity contribution is 6.31. The van der Waals surface area contributed by atoms with Crippen molar-refractivity contribution in [1.29, 1.82) is 0 Å². The Bertz CT molecular complexity index is 892. The van der Waals surface area contributed by atoms with Gasteiger partial charge in [0.25, 0.3) is 0 Å². The Morgan fingerprint density at radius 1 is 1.25 bits per heavy atom. The van der Waals surface area contributed by atoms with Crippen molar-refractivity contribution in [2.45, 2.75) is 13.5 Å². The number of carbonyl (C=O) groups excluding carboxylic acids is 1. The number of carbonyl (C=O) groups is 1. The fourth-order valence-electron chi connectivity index (χ4n) is 2.50. The van der Waals surface area contributed by atoms with Crippen molar-refractivity contribution in [3.8, 4) is 5.75 Å². The fraction of sp³-hybridized carbons (Fsp3) is 0.167. The number of ether oxygens (including phenoxy) is 1. The minimum absolute atomic E-state index is 0.0253. The number of benzene rings is 2. The highest BCUT2D eigenvalue weighted by Crippen LogP contribution is 2.23. The maximum atomic E-state index is 13.1. The van der Waals surface area contributed by atoms with Gasteiger partial charge >= 0.3 is 0 Å². The van der Waals surface area contributed by atoms with Crippen molar-refractivity contribution in [2.24, 2.45) is 0 Å². The Morgan fingerprint density at radius 2 is 2.08 bits per heavy atom. The van der Waals surface area contributed by atoms with Crippen LogP contribution in [0.3, 0.4) is 0 Å².